The molecule has 2 unspecified atom stereocenters. The molecule has 1 aromatic carbocycles. The summed E-state index contributed by atoms with van der Waals surface area (Å²) >= 11 is 0. The number of rotatable bonds is 4. The SMILES string of the molecule is CC1CCCC(CNS(=O)(=O)c2ccc3c(c2)CCC3)N1. The Bertz CT molecular complexity index is 613. The first kappa shape index (κ1) is 15.0. The zero-order chi connectivity index (χ0) is 14.9. The highest BCUT2D eigenvalue weighted by Crippen LogP contribution is 2.24. The van der Waals surface area contributed by atoms with E-state index in [2.05, 4.69) is 17.0 Å². The van der Waals surface area contributed by atoms with Crippen molar-refractivity contribution < 1.29 is 8.42 Å². The lowest BCUT2D eigenvalue weighted by Crippen LogP contribution is -2.47. The van der Waals surface area contributed by atoms with E-state index in [-0.39, 0.29) is 6.04 Å². The summed E-state index contributed by atoms with van der Waals surface area (Å²) in [4.78, 5) is 0.409. The summed E-state index contributed by atoms with van der Waals surface area (Å²) in [6.07, 6.45) is 6.59. The van der Waals surface area contributed by atoms with Crippen LogP contribution >= 0.6 is 0 Å². The topological polar surface area (TPSA) is 58.2 Å². The molecule has 5 heteroatoms. The van der Waals surface area contributed by atoms with Crippen molar-refractivity contribution >= 4 is 10.0 Å². The smallest absolute Gasteiger partial charge is 0.240 e. The highest BCUT2D eigenvalue weighted by atomic mass is 32.2. The van der Waals surface area contributed by atoms with Gasteiger partial charge in [-0.2, -0.15) is 0 Å². The fourth-order valence-electron chi connectivity index (χ4n) is 3.41. The lowest BCUT2D eigenvalue weighted by Gasteiger charge is -2.28. The van der Waals surface area contributed by atoms with Crippen molar-refractivity contribution in [2.75, 3.05) is 6.54 Å². The third-order valence-electron chi connectivity index (χ3n) is 4.61. The van der Waals surface area contributed by atoms with Crippen molar-refractivity contribution in [3.63, 3.8) is 0 Å². The normalized spacial score (nSPS) is 25.8. The van der Waals surface area contributed by atoms with Crippen LogP contribution in [0, 0.1) is 0 Å². The minimum absolute atomic E-state index is 0.248. The molecule has 0 amide bonds. The second-order valence-corrected chi connectivity index (χ2v) is 8.10. The summed E-state index contributed by atoms with van der Waals surface area (Å²) in [5.74, 6) is 0. The molecule has 116 valence electrons. The van der Waals surface area contributed by atoms with Gasteiger partial charge in [0, 0.05) is 18.6 Å². The summed E-state index contributed by atoms with van der Waals surface area (Å²) in [6.45, 7) is 2.63. The molecule has 1 saturated heterocycles. The Kier molecular flexibility index (Phi) is 4.33. The maximum atomic E-state index is 12.4. The summed E-state index contributed by atoms with van der Waals surface area (Å²) in [6, 6.07) is 6.29. The molecule has 0 saturated carbocycles. The van der Waals surface area contributed by atoms with Gasteiger partial charge < -0.3 is 5.32 Å². The Morgan fingerprint density at radius 3 is 2.81 bits per heavy atom. The monoisotopic (exact) mass is 308 g/mol. The van der Waals surface area contributed by atoms with Crippen molar-refractivity contribution in [2.24, 2.45) is 0 Å². The molecular formula is C16H24N2O2S. The molecule has 0 radical (unpaired) electrons. The molecule has 0 spiro atoms. The van der Waals surface area contributed by atoms with Crippen LogP contribution in [0.3, 0.4) is 0 Å². The molecule has 2 N–H and O–H groups in total. The lowest BCUT2D eigenvalue weighted by molar-refractivity contribution is 0.334. The second-order valence-electron chi connectivity index (χ2n) is 6.33. The molecule has 1 aromatic rings. The Morgan fingerprint density at radius 1 is 1.19 bits per heavy atom. The molecule has 1 aliphatic heterocycles. The number of hydrogen-bond donors (Lipinski definition) is 2. The van der Waals surface area contributed by atoms with Crippen molar-refractivity contribution in [1.29, 1.82) is 0 Å². The molecule has 2 aliphatic rings. The Balaban J connectivity index is 1.66. The molecule has 1 aliphatic carbocycles. The van der Waals surface area contributed by atoms with Crippen molar-refractivity contribution in [3.8, 4) is 0 Å². The molecule has 3 rings (SSSR count). The van der Waals surface area contributed by atoms with Gasteiger partial charge in [0.05, 0.1) is 4.90 Å². The van der Waals surface area contributed by atoms with Gasteiger partial charge in [-0.25, -0.2) is 13.1 Å². The second kappa shape index (κ2) is 6.07. The first-order valence-electron chi connectivity index (χ1n) is 7.92. The summed E-state index contributed by atoms with van der Waals surface area (Å²) in [5, 5.41) is 3.46. The number of fused-ring (bicyclic) bond motifs is 1. The highest BCUT2D eigenvalue weighted by molar-refractivity contribution is 7.89. The fourth-order valence-corrected chi connectivity index (χ4v) is 4.54. The Morgan fingerprint density at radius 2 is 2.00 bits per heavy atom. The maximum Gasteiger partial charge on any atom is 0.240 e. The van der Waals surface area contributed by atoms with E-state index in [1.807, 2.05) is 12.1 Å². The predicted octanol–water partition coefficient (Wildman–Crippen LogP) is 1.98. The van der Waals surface area contributed by atoms with Gasteiger partial charge in [-0.05, 0) is 62.3 Å². The van der Waals surface area contributed by atoms with E-state index in [4.69, 9.17) is 0 Å². The molecule has 1 heterocycles. The van der Waals surface area contributed by atoms with E-state index in [9.17, 15) is 8.42 Å². The zero-order valence-electron chi connectivity index (χ0n) is 12.6. The molecule has 0 bridgehead atoms. The average molecular weight is 308 g/mol. The van der Waals surface area contributed by atoms with Crippen LogP contribution in [-0.2, 0) is 22.9 Å². The van der Waals surface area contributed by atoms with Crippen LogP contribution < -0.4 is 10.0 Å². The van der Waals surface area contributed by atoms with Crippen molar-refractivity contribution in [2.45, 2.75) is 62.4 Å². The number of aryl methyl sites for hydroxylation is 2. The van der Waals surface area contributed by atoms with Gasteiger partial charge in [-0.3, -0.25) is 0 Å². The molecular weight excluding hydrogens is 284 g/mol. The first-order valence-corrected chi connectivity index (χ1v) is 9.40. The zero-order valence-corrected chi connectivity index (χ0v) is 13.4. The number of hydrogen-bond acceptors (Lipinski definition) is 3. The molecule has 2 atom stereocenters. The van der Waals surface area contributed by atoms with E-state index in [0.717, 1.165) is 25.7 Å². The van der Waals surface area contributed by atoms with Gasteiger partial charge in [0.15, 0.2) is 0 Å². The summed E-state index contributed by atoms with van der Waals surface area (Å²) in [5.41, 5.74) is 2.50. The van der Waals surface area contributed by atoms with Crippen LogP contribution in [0.1, 0.15) is 43.7 Å². The molecule has 21 heavy (non-hydrogen) atoms. The van der Waals surface area contributed by atoms with E-state index < -0.39 is 10.0 Å². The Labute approximate surface area is 127 Å². The number of nitrogens with one attached hydrogen (secondary N) is 2. The fraction of sp³-hybridized carbons (Fsp3) is 0.625. The standard InChI is InChI=1S/C16H24N2O2S/c1-12-4-2-7-15(18-12)11-17-21(19,20)16-9-8-13-5-3-6-14(13)10-16/h8-10,12,15,17-18H,2-7,11H2,1H3. The van der Waals surface area contributed by atoms with E-state index in [1.54, 1.807) is 6.07 Å². The van der Waals surface area contributed by atoms with Crippen LogP contribution in [0.15, 0.2) is 23.1 Å². The molecule has 4 nitrogen and oxygen atoms in total. The highest BCUT2D eigenvalue weighted by Gasteiger charge is 2.22. The average Bonchev–Trinajstić information content (AvgIpc) is 2.93. The van der Waals surface area contributed by atoms with Crippen LogP contribution in [0.25, 0.3) is 0 Å². The third-order valence-corrected chi connectivity index (χ3v) is 6.03. The van der Waals surface area contributed by atoms with Gasteiger partial charge in [0.1, 0.15) is 0 Å². The first-order chi connectivity index (χ1) is 10.0. The largest absolute Gasteiger partial charge is 0.310 e. The lowest BCUT2D eigenvalue weighted by atomic mass is 10.00. The summed E-state index contributed by atoms with van der Waals surface area (Å²) < 4.78 is 27.6. The van der Waals surface area contributed by atoms with Crippen molar-refractivity contribution in [3.05, 3.63) is 29.3 Å². The number of benzene rings is 1. The van der Waals surface area contributed by atoms with E-state index in [0.29, 0.717) is 17.5 Å². The van der Waals surface area contributed by atoms with Crippen LogP contribution in [0.2, 0.25) is 0 Å². The van der Waals surface area contributed by atoms with E-state index in [1.165, 1.54) is 24.0 Å². The van der Waals surface area contributed by atoms with Crippen LogP contribution in [0.4, 0.5) is 0 Å². The minimum Gasteiger partial charge on any atom is -0.310 e. The number of piperidine rings is 1. The predicted molar refractivity (Wildman–Crippen MR) is 83.9 cm³/mol. The minimum atomic E-state index is -3.39. The van der Waals surface area contributed by atoms with Gasteiger partial charge in [0.25, 0.3) is 0 Å². The van der Waals surface area contributed by atoms with Crippen LogP contribution in [0.5, 0.6) is 0 Å². The number of sulfonamides is 1. The van der Waals surface area contributed by atoms with Gasteiger partial charge in [-0.1, -0.05) is 12.5 Å². The van der Waals surface area contributed by atoms with Crippen LogP contribution in [-0.4, -0.2) is 27.0 Å². The molecule has 1 fully saturated rings. The summed E-state index contributed by atoms with van der Waals surface area (Å²) in [7, 11) is -3.39. The quantitative estimate of drug-likeness (QED) is 0.894. The maximum absolute atomic E-state index is 12.4. The van der Waals surface area contributed by atoms with Gasteiger partial charge >= 0.3 is 0 Å². The third kappa shape index (κ3) is 3.47. The molecule has 0 aromatic heterocycles. The van der Waals surface area contributed by atoms with E-state index >= 15 is 0 Å². The van der Waals surface area contributed by atoms with Crippen molar-refractivity contribution in [1.82, 2.24) is 10.0 Å². The van der Waals surface area contributed by atoms with Gasteiger partial charge in [0.2, 0.25) is 10.0 Å². The Hall–Kier alpha value is -0.910. The van der Waals surface area contributed by atoms with Gasteiger partial charge in [-0.15, -0.1) is 0 Å².